The fourth-order valence-electron chi connectivity index (χ4n) is 2.84. The van der Waals surface area contributed by atoms with E-state index in [0.29, 0.717) is 12.8 Å². The predicted octanol–water partition coefficient (Wildman–Crippen LogP) is 2.79. The number of amides is 1. The number of carbonyl (C=O) groups excluding carboxylic acids is 1. The van der Waals surface area contributed by atoms with Gasteiger partial charge in [0.15, 0.2) is 0 Å². The standard InChI is InChI=1S/C16H23NO2/c1-11-7-6-8-14(12(11)2)13(3)17-15(18)16(19)9-4-5-10-16/h6-8,13,19H,4-5,9-10H2,1-3H3,(H,17,18). The van der Waals surface area contributed by atoms with Gasteiger partial charge in [-0.2, -0.15) is 0 Å². The molecule has 0 spiro atoms. The maximum Gasteiger partial charge on any atom is 0.252 e. The predicted molar refractivity (Wildman–Crippen MR) is 75.9 cm³/mol. The van der Waals surface area contributed by atoms with Crippen LogP contribution in [0.1, 0.15) is 55.3 Å². The second-order valence-electron chi connectivity index (χ2n) is 5.72. The van der Waals surface area contributed by atoms with E-state index >= 15 is 0 Å². The van der Waals surface area contributed by atoms with Crippen molar-refractivity contribution in [1.29, 1.82) is 0 Å². The largest absolute Gasteiger partial charge is 0.380 e. The summed E-state index contributed by atoms with van der Waals surface area (Å²) in [5.41, 5.74) is 2.40. The van der Waals surface area contributed by atoms with Crippen molar-refractivity contribution in [1.82, 2.24) is 5.32 Å². The molecule has 3 nitrogen and oxygen atoms in total. The Morgan fingerprint density at radius 2 is 1.95 bits per heavy atom. The minimum atomic E-state index is -1.15. The Balaban J connectivity index is 2.10. The highest BCUT2D eigenvalue weighted by Gasteiger charge is 2.39. The summed E-state index contributed by atoms with van der Waals surface area (Å²) in [4.78, 5) is 12.2. The minimum Gasteiger partial charge on any atom is -0.380 e. The molecule has 0 saturated heterocycles. The van der Waals surface area contributed by atoms with Crippen LogP contribution in [-0.4, -0.2) is 16.6 Å². The molecule has 1 aromatic carbocycles. The summed E-state index contributed by atoms with van der Waals surface area (Å²) in [6.45, 7) is 6.10. The Morgan fingerprint density at radius 1 is 1.32 bits per heavy atom. The maximum absolute atomic E-state index is 12.2. The molecule has 1 atom stereocenters. The number of carbonyl (C=O) groups is 1. The number of aliphatic hydroxyl groups is 1. The van der Waals surface area contributed by atoms with E-state index in [1.54, 1.807) is 0 Å². The monoisotopic (exact) mass is 261 g/mol. The van der Waals surface area contributed by atoms with Gasteiger partial charge in [-0.15, -0.1) is 0 Å². The van der Waals surface area contributed by atoms with Crippen LogP contribution in [0.15, 0.2) is 18.2 Å². The summed E-state index contributed by atoms with van der Waals surface area (Å²) >= 11 is 0. The zero-order valence-electron chi connectivity index (χ0n) is 12.0. The van der Waals surface area contributed by atoms with E-state index in [1.807, 2.05) is 19.1 Å². The molecule has 1 aliphatic rings. The van der Waals surface area contributed by atoms with Crippen molar-refractivity contribution >= 4 is 5.91 Å². The zero-order chi connectivity index (χ0) is 14.0. The fraction of sp³-hybridized carbons (Fsp3) is 0.562. The topological polar surface area (TPSA) is 49.3 Å². The van der Waals surface area contributed by atoms with Crippen molar-refractivity contribution < 1.29 is 9.90 Å². The molecule has 0 radical (unpaired) electrons. The number of aryl methyl sites for hydroxylation is 1. The molecular weight excluding hydrogens is 238 g/mol. The summed E-state index contributed by atoms with van der Waals surface area (Å²) in [6, 6.07) is 6.03. The van der Waals surface area contributed by atoms with Gasteiger partial charge in [0, 0.05) is 0 Å². The van der Waals surface area contributed by atoms with E-state index in [2.05, 4.69) is 25.2 Å². The van der Waals surface area contributed by atoms with Gasteiger partial charge in [-0.1, -0.05) is 18.2 Å². The lowest BCUT2D eigenvalue weighted by atomic mass is 9.96. The third kappa shape index (κ3) is 2.81. The Hall–Kier alpha value is -1.35. The van der Waals surface area contributed by atoms with E-state index < -0.39 is 5.60 Å². The average molecular weight is 261 g/mol. The molecule has 1 amide bonds. The lowest BCUT2D eigenvalue weighted by Crippen LogP contribution is -2.45. The number of hydrogen-bond donors (Lipinski definition) is 2. The molecule has 0 heterocycles. The van der Waals surface area contributed by atoms with Crippen LogP contribution in [0.5, 0.6) is 0 Å². The van der Waals surface area contributed by atoms with Crippen LogP contribution in [0.2, 0.25) is 0 Å². The van der Waals surface area contributed by atoms with Crippen molar-refractivity contribution in [2.75, 3.05) is 0 Å². The number of nitrogens with one attached hydrogen (secondary N) is 1. The van der Waals surface area contributed by atoms with Gasteiger partial charge in [-0.05, 0) is 63.1 Å². The second kappa shape index (κ2) is 5.33. The molecule has 2 N–H and O–H groups in total. The van der Waals surface area contributed by atoms with Crippen molar-refractivity contribution in [3.8, 4) is 0 Å². The summed E-state index contributed by atoms with van der Waals surface area (Å²) in [6.07, 6.45) is 3.03. The SMILES string of the molecule is Cc1cccc(C(C)NC(=O)C2(O)CCCC2)c1C. The Kier molecular flexibility index (Phi) is 3.95. The molecule has 0 aromatic heterocycles. The third-order valence-corrected chi connectivity index (χ3v) is 4.31. The fourth-order valence-corrected chi connectivity index (χ4v) is 2.84. The second-order valence-corrected chi connectivity index (χ2v) is 5.72. The lowest BCUT2D eigenvalue weighted by molar-refractivity contribution is -0.139. The Labute approximate surface area is 115 Å². The first-order chi connectivity index (χ1) is 8.94. The van der Waals surface area contributed by atoms with E-state index in [-0.39, 0.29) is 11.9 Å². The molecule has 19 heavy (non-hydrogen) atoms. The number of benzene rings is 1. The number of hydrogen-bond acceptors (Lipinski definition) is 2. The Bertz CT molecular complexity index is 476. The van der Waals surface area contributed by atoms with Crippen LogP contribution in [0, 0.1) is 13.8 Å². The Morgan fingerprint density at radius 3 is 2.58 bits per heavy atom. The quantitative estimate of drug-likeness (QED) is 0.879. The molecule has 0 aliphatic heterocycles. The first-order valence-electron chi connectivity index (χ1n) is 7.03. The van der Waals surface area contributed by atoms with Crippen LogP contribution in [0.3, 0.4) is 0 Å². The minimum absolute atomic E-state index is 0.0722. The highest BCUT2D eigenvalue weighted by molar-refractivity contribution is 5.85. The average Bonchev–Trinajstić information content (AvgIpc) is 2.81. The van der Waals surface area contributed by atoms with Crippen LogP contribution < -0.4 is 5.32 Å². The molecule has 1 aliphatic carbocycles. The van der Waals surface area contributed by atoms with E-state index in [4.69, 9.17) is 0 Å². The van der Waals surface area contributed by atoms with Crippen LogP contribution in [-0.2, 0) is 4.79 Å². The molecule has 0 bridgehead atoms. The summed E-state index contributed by atoms with van der Waals surface area (Å²) < 4.78 is 0. The zero-order valence-corrected chi connectivity index (χ0v) is 12.0. The van der Waals surface area contributed by atoms with Crippen LogP contribution in [0.4, 0.5) is 0 Å². The maximum atomic E-state index is 12.2. The highest BCUT2D eigenvalue weighted by Crippen LogP contribution is 2.30. The highest BCUT2D eigenvalue weighted by atomic mass is 16.3. The van der Waals surface area contributed by atoms with Gasteiger partial charge in [-0.25, -0.2) is 0 Å². The van der Waals surface area contributed by atoms with Gasteiger partial charge >= 0.3 is 0 Å². The van der Waals surface area contributed by atoms with E-state index in [9.17, 15) is 9.90 Å². The van der Waals surface area contributed by atoms with Gasteiger partial charge in [0.25, 0.3) is 5.91 Å². The normalized spacial score (nSPS) is 19.2. The molecule has 1 unspecified atom stereocenters. The molecule has 1 saturated carbocycles. The van der Waals surface area contributed by atoms with Gasteiger partial charge in [0.2, 0.25) is 0 Å². The summed E-state index contributed by atoms with van der Waals surface area (Å²) in [7, 11) is 0. The molecule has 1 aromatic rings. The van der Waals surface area contributed by atoms with Gasteiger partial charge in [0.1, 0.15) is 5.60 Å². The first kappa shape index (κ1) is 14.1. The molecule has 2 rings (SSSR count). The van der Waals surface area contributed by atoms with Crippen molar-refractivity contribution in [3.63, 3.8) is 0 Å². The van der Waals surface area contributed by atoms with Crippen LogP contribution >= 0.6 is 0 Å². The summed E-state index contributed by atoms with van der Waals surface area (Å²) in [5.74, 6) is -0.224. The lowest BCUT2D eigenvalue weighted by Gasteiger charge is -2.25. The molecular formula is C16H23NO2. The summed E-state index contributed by atoms with van der Waals surface area (Å²) in [5, 5.41) is 13.2. The van der Waals surface area contributed by atoms with Crippen molar-refractivity contribution in [2.45, 2.75) is 58.1 Å². The molecule has 3 heteroatoms. The van der Waals surface area contributed by atoms with Gasteiger partial charge < -0.3 is 10.4 Å². The molecule has 104 valence electrons. The smallest absolute Gasteiger partial charge is 0.252 e. The van der Waals surface area contributed by atoms with Crippen molar-refractivity contribution in [3.05, 3.63) is 34.9 Å². The van der Waals surface area contributed by atoms with E-state index in [1.165, 1.54) is 11.1 Å². The molecule has 1 fully saturated rings. The van der Waals surface area contributed by atoms with Crippen LogP contribution in [0.25, 0.3) is 0 Å². The number of rotatable bonds is 3. The van der Waals surface area contributed by atoms with Gasteiger partial charge in [-0.3, -0.25) is 4.79 Å². The van der Waals surface area contributed by atoms with Gasteiger partial charge in [0.05, 0.1) is 6.04 Å². The first-order valence-corrected chi connectivity index (χ1v) is 7.03. The van der Waals surface area contributed by atoms with Crippen molar-refractivity contribution in [2.24, 2.45) is 0 Å². The van der Waals surface area contributed by atoms with E-state index in [0.717, 1.165) is 18.4 Å². The third-order valence-electron chi connectivity index (χ3n) is 4.31.